The Hall–Kier alpha value is -2.32. The number of carboxylic acids is 1. The van der Waals surface area contributed by atoms with Gasteiger partial charge in [-0.05, 0) is 41.7 Å². The molecule has 4 aliphatic rings. The number of nitrogens with zero attached hydrogens (tertiary/aromatic N) is 6. The van der Waals surface area contributed by atoms with Crippen LogP contribution in [0.3, 0.4) is 0 Å². The van der Waals surface area contributed by atoms with Crippen molar-refractivity contribution in [3.8, 4) is 6.07 Å². The molecule has 2 aliphatic carbocycles. The van der Waals surface area contributed by atoms with Gasteiger partial charge in [-0.25, -0.2) is 9.48 Å². The van der Waals surface area contributed by atoms with Gasteiger partial charge in [0, 0.05) is 37.7 Å². The van der Waals surface area contributed by atoms with Crippen molar-refractivity contribution in [3.05, 3.63) is 11.3 Å². The van der Waals surface area contributed by atoms with Crippen LogP contribution in [0.25, 0.3) is 0 Å². The molecule has 1 aromatic rings. The van der Waals surface area contributed by atoms with Crippen molar-refractivity contribution in [2.24, 2.45) is 7.05 Å². The van der Waals surface area contributed by atoms with E-state index >= 15 is 0 Å². The van der Waals surface area contributed by atoms with Gasteiger partial charge in [-0.15, -0.1) is 28.6 Å². The summed E-state index contributed by atoms with van der Waals surface area (Å²) in [6.07, 6.45) is 14.6. The summed E-state index contributed by atoms with van der Waals surface area (Å²) in [5.74, 6) is -1.61. The quantitative estimate of drug-likeness (QED) is 0.0793. The average Bonchev–Trinajstić information content (AvgIpc) is 3.43. The Labute approximate surface area is 264 Å². The maximum atomic E-state index is 12.9. The van der Waals surface area contributed by atoms with Gasteiger partial charge in [-0.1, -0.05) is 50.3 Å². The van der Waals surface area contributed by atoms with Crippen LogP contribution in [0, 0.1) is 11.3 Å². The molecular formula is C27H40N8O5S3. The normalized spacial score (nSPS) is 24.3. The molecular weight excluding hydrogens is 616 g/mol. The smallest absolute Gasteiger partial charge is 0.352 e. The van der Waals surface area contributed by atoms with Gasteiger partial charge in [0.2, 0.25) is 11.1 Å². The lowest BCUT2D eigenvalue weighted by Crippen LogP contribution is -2.80. The Kier molecular flexibility index (Phi) is 12.6. The van der Waals surface area contributed by atoms with Crippen molar-refractivity contribution >= 4 is 53.1 Å². The van der Waals surface area contributed by atoms with Crippen LogP contribution in [-0.4, -0.2) is 101 Å². The maximum Gasteiger partial charge on any atom is 0.352 e. The zero-order valence-electron chi connectivity index (χ0n) is 24.6. The number of methoxy groups -OCH3 is 1. The lowest BCUT2D eigenvalue weighted by atomic mass is 9.91. The standard InChI is InChI=1S/C15H17N7O5S3.C12H23N/c1-21-14(18-19-20-21)30-6-8-5-29-13-15(27-2,17-9(23)7-28-4-3-16)12(26)22(13)10(8)11(24)25;1-3-7-11(8-4-1)13-12-9-5-2-6-10-12/h13H,4-7H2,1-2H3,(H,17,23)(H,24,25);11-13H,1-10H2/t13-,15+;/m1./s1/i3+1,4+1,16+1;. The first kappa shape index (κ1) is 33.6. The number of nitrogens with one attached hydrogen (secondary N) is 2. The topological polar surface area (TPSA) is 175 Å². The predicted octanol–water partition coefficient (Wildman–Crippen LogP) is 2.51. The molecule has 1 aromatic heterocycles. The summed E-state index contributed by atoms with van der Waals surface area (Å²) in [6, 6.07) is 3.66. The zero-order valence-corrected chi connectivity index (χ0v) is 27.1. The summed E-state index contributed by atoms with van der Waals surface area (Å²) in [6.45, 7) is 0. The van der Waals surface area contributed by atoms with Crippen LogP contribution in [0.2, 0.25) is 0 Å². The lowest BCUT2D eigenvalue weighted by molar-refractivity contribution is -0.192. The first-order valence-corrected chi connectivity index (χ1v) is 17.8. The van der Waals surface area contributed by atoms with E-state index in [1.54, 1.807) is 7.05 Å². The molecule has 3 N–H and O–H groups in total. The third kappa shape index (κ3) is 8.24. The molecule has 2 aliphatic heterocycles. The number of hydrogen-bond acceptors (Lipinski definition) is 12. The van der Waals surface area contributed by atoms with Crippen molar-refractivity contribution < 1.29 is 24.2 Å². The van der Waals surface area contributed by atoms with Gasteiger partial charge in [0.25, 0.3) is 11.6 Å². The van der Waals surface area contributed by atoms with Crippen molar-refractivity contribution in [1.82, 2.24) is 35.7 Å². The van der Waals surface area contributed by atoms with Gasteiger partial charge in [0.15, 0.2) is 0 Å². The summed E-state index contributed by atoms with van der Waals surface area (Å²) < 4.78 is 6.83. The Morgan fingerprint density at radius 2 is 1.81 bits per heavy atom. The monoisotopic (exact) mass is 655 g/mol. The molecule has 43 heavy (non-hydrogen) atoms. The Morgan fingerprint density at radius 3 is 2.35 bits per heavy atom. The number of carbonyl (C=O) groups is 3. The van der Waals surface area contributed by atoms with E-state index in [1.807, 2.05) is 6.07 Å². The molecule has 236 valence electrons. The molecule has 0 bridgehead atoms. The molecule has 13 nitrogen and oxygen atoms in total. The van der Waals surface area contributed by atoms with E-state index in [2.05, 4.69) is 26.2 Å². The highest BCUT2D eigenvalue weighted by molar-refractivity contribution is 8.01. The van der Waals surface area contributed by atoms with Gasteiger partial charge < -0.3 is 20.5 Å². The molecule has 3 fully saturated rings. The molecule has 1 saturated heterocycles. The van der Waals surface area contributed by atoms with Gasteiger partial charge in [-0.2, -0.15) is 5.26 Å². The van der Waals surface area contributed by atoms with Gasteiger partial charge in [-0.3, -0.25) is 14.5 Å². The molecule has 2 saturated carbocycles. The second-order valence-electron chi connectivity index (χ2n) is 10.9. The molecule has 2 amide bonds. The van der Waals surface area contributed by atoms with Crippen molar-refractivity contribution in [1.29, 1.82) is 5.26 Å². The summed E-state index contributed by atoms with van der Waals surface area (Å²) in [4.78, 5) is 38.2. The number of ether oxygens (including phenoxy) is 1. The van der Waals surface area contributed by atoms with Crippen LogP contribution in [0.4, 0.5) is 0 Å². The molecule has 0 radical (unpaired) electrons. The number of amides is 2. The zero-order chi connectivity index (χ0) is 30.8. The van der Waals surface area contributed by atoms with Gasteiger partial charge >= 0.3 is 5.97 Å². The molecule has 0 aromatic carbocycles. The number of tetrazole rings is 1. The number of carbonyl (C=O) groups excluding carboxylic acids is 2. The van der Waals surface area contributed by atoms with Crippen LogP contribution in [-0.2, 0) is 26.2 Å². The van der Waals surface area contributed by atoms with Crippen molar-refractivity contribution in [2.75, 3.05) is 30.1 Å². The first-order valence-electron chi connectivity index (χ1n) is 14.6. The minimum absolute atomic E-state index is 0.0153. The number of nitriles is 1. The number of rotatable bonds is 11. The van der Waals surface area contributed by atoms with Crippen LogP contribution in [0.1, 0.15) is 64.2 Å². The predicted molar refractivity (Wildman–Crippen MR) is 165 cm³/mol. The summed E-state index contributed by atoms with van der Waals surface area (Å²) in [7, 11) is 2.96. The van der Waals surface area contributed by atoms with Crippen molar-refractivity contribution in [2.45, 2.75) is 92.5 Å². The molecule has 0 unspecified atom stereocenters. The van der Waals surface area contributed by atoms with E-state index in [4.69, 9.17) is 10.00 Å². The fourth-order valence-electron chi connectivity index (χ4n) is 5.85. The van der Waals surface area contributed by atoms with E-state index in [9.17, 15) is 19.5 Å². The summed E-state index contributed by atoms with van der Waals surface area (Å²) >= 11 is 3.67. The molecule has 0 spiro atoms. The third-order valence-corrected chi connectivity index (χ3v) is 11.3. The second kappa shape index (κ2) is 16.1. The first-order chi connectivity index (χ1) is 20.8. The largest absolute Gasteiger partial charge is 0.477 e. The number of aliphatic carboxylic acids is 1. The maximum absolute atomic E-state index is 12.9. The van der Waals surface area contributed by atoms with Crippen LogP contribution in [0.5, 0.6) is 0 Å². The fraction of sp³-hybridized carbons (Fsp3) is 0.741. The second-order valence-corrected chi connectivity index (χ2v) is 13.9. The van der Waals surface area contributed by atoms with Crippen LogP contribution >= 0.6 is 35.3 Å². The Morgan fingerprint density at radius 1 is 1.16 bits per heavy atom. The summed E-state index contributed by atoms with van der Waals surface area (Å²) in [5.41, 5.74) is -1.21. The van der Waals surface area contributed by atoms with Crippen LogP contribution in [0.15, 0.2) is 16.4 Å². The fourth-order valence-corrected chi connectivity index (χ4v) is 8.73. The lowest BCUT2D eigenvalue weighted by Gasteiger charge is -2.55. The van der Waals surface area contributed by atoms with E-state index < -0.39 is 28.9 Å². The highest BCUT2D eigenvalue weighted by Gasteiger charge is 2.66. The van der Waals surface area contributed by atoms with Gasteiger partial charge in [0.1, 0.15) is 11.1 Å². The van der Waals surface area contributed by atoms with Gasteiger partial charge in [0.05, 0.1) is 17.6 Å². The highest BCUT2D eigenvalue weighted by atomic mass is 32.2. The third-order valence-electron chi connectivity index (χ3n) is 8.00. The van der Waals surface area contributed by atoms with E-state index in [-0.39, 0.29) is 23.0 Å². The molecule has 16 heteroatoms. The number of aromatic nitrogens is 4. The summed E-state index contributed by atoms with van der Waals surface area (Å²) in [5, 5.41) is 35.7. The average molecular weight is 656 g/mol. The minimum Gasteiger partial charge on any atom is -0.477 e. The minimum atomic E-state index is -1.64. The number of fused-ring (bicyclic) bond motifs is 1. The van der Waals surface area contributed by atoms with Crippen molar-refractivity contribution in [3.63, 3.8) is 0 Å². The SMILES string of the molecule is C1CCC(NC2CCCCC2)CC1.CO[C@@]1(NC(=O)CS[13CH2][13C]#[15N])C(=O)N2C(C(=O)O)=C(CSc3nnnn3C)CS[C@@H]21. The number of β-lactam (4-membered cyclic amide) rings is 1. The highest BCUT2D eigenvalue weighted by Crippen LogP contribution is 2.47. The number of aryl methyl sites for hydroxylation is 1. The molecule has 2 atom stereocenters. The van der Waals surface area contributed by atoms with E-state index in [1.165, 1.54) is 99.5 Å². The number of thioether (sulfide) groups is 3. The molecule has 5 rings (SSSR count). The van der Waals surface area contributed by atoms with Crippen LogP contribution < -0.4 is 10.6 Å². The number of carboxylic acid groups (broad SMARTS) is 1. The number of hydrogen-bond donors (Lipinski definition) is 3. The molecule has 3 heterocycles. The van der Waals surface area contributed by atoms with E-state index in [0.29, 0.717) is 16.5 Å². The van der Waals surface area contributed by atoms with E-state index in [0.717, 1.165) is 28.7 Å². The Bertz CT molecular complexity index is 1200. The Balaban J connectivity index is 0.000000269.